The summed E-state index contributed by atoms with van der Waals surface area (Å²) in [4.78, 5) is 46.7. The monoisotopic (exact) mass is 762 g/mol. The summed E-state index contributed by atoms with van der Waals surface area (Å²) in [5.74, 6) is 0.914. The van der Waals surface area contributed by atoms with Gasteiger partial charge in [-0.2, -0.15) is 0 Å². The van der Waals surface area contributed by atoms with Crippen molar-refractivity contribution in [1.29, 1.82) is 0 Å². The lowest BCUT2D eigenvalue weighted by molar-refractivity contribution is 0.101. The second-order valence-corrected chi connectivity index (χ2v) is 15.1. The van der Waals surface area contributed by atoms with E-state index in [2.05, 4.69) is 65.3 Å². The zero-order valence-corrected chi connectivity index (χ0v) is 31.2. The molecule has 2 aromatic heterocycles. The molecule has 1 atom stereocenters. The van der Waals surface area contributed by atoms with E-state index in [0.717, 1.165) is 67.7 Å². The number of carbonyl (C=O) groups is 2. The van der Waals surface area contributed by atoms with Crippen molar-refractivity contribution in [2.75, 3.05) is 10.6 Å². The highest BCUT2D eigenvalue weighted by atomic mass is 16.5. The molecular weight excluding hydrogens is 733 g/mol. The maximum atomic E-state index is 13.3. The average Bonchev–Trinajstić information content (AvgIpc) is 3.76. The molecule has 278 valence electrons. The first kappa shape index (κ1) is 33.1. The summed E-state index contributed by atoms with van der Waals surface area (Å²) < 4.78 is 6.07. The van der Waals surface area contributed by atoms with Crippen LogP contribution in [0, 0.1) is 0 Å². The van der Waals surface area contributed by atoms with Gasteiger partial charge in [-0.1, -0.05) is 66.7 Å². The highest BCUT2D eigenvalue weighted by Gasteiger charge is 2.34. The largest absolute Gasteiger partial charge is 0.457 e. The molecule has 0 saturated heterocycles. The molecule has 0 fully saturated rings. The zero-order valence-electron chi connectivity index (χ0n) is 31.2. The highest BCUT2D eigenvalue weighted by molar-refractivity contribution is 6.14. The number of anilines is 2. The maximum Gasteiger partial charge on any atom is 0.255 e. The van der Waals surface area contributed by atoms with Gasteiger partial charge in [-0.05, 0) is 108 Å². The summed E-state index contributed by atoms with van der Waals surface area (Å²) in [5, 5.41) is 8.28. The third kappa shape index (κ3) is 5.39. The molecule has 1 unspecified atom stereocenters. The van der Waals surface area contributed by atoms with Gasteiger partial charge < -0.3 is 15.4 Å². The normalized spacial score (nSPS) is 13.9. The van der Waals surface area contributed by atoms with E-state index in [1.165, 1.54) is 11.1 Å². The summed E-state index contributed by atoms with van der Waals surface area (Å²) in [7, 11) is 0. The van der Waals surface area contributed by atoms with Crippen LogP contribution in [0.2, 0.25) is 0 Å². The number of hydrogen-bond acceptors (Lipinski definition) is 7. The van der Waals surface area contributed by atoms with Gasteiger partial charge in [0, 0.05) is 50.5 Å². The minimum Gasteiger partial charge on any atom is -0.457 e. The van der Waals surface area contributed by atoms with E-state index in [9.17, 15) is 9.59 Å². The Morgan fingerprint density at radius 3 is 1.71 bits per heavy atom. The Labute approximate surface area is 337 Å². The molecule has 0 spiro atoms. The maximum absolute atomic E-state index is 13.3. The predicted molar refractivity (Wildman–Crippen MR) is 231 cm³/mol. The van der Waals surface area contributed by atoms with Crippen LogP contribution >= 0.6 is 0 Å². The SMILES string of the molecule is O=C(Nc1ccc(Oc2ccc(NC(=O)c3ccc4nc5c(nc4c3)-c3cccc4c3C5CC=C4)cc2)cc1)c1ccc2nc3c(nc2c1)-c1cccc2cccc-3c12. The fourth-order valence-electron chi connectivity index (χ4n) is 8.73. The minimum atomic E-state index is -0.253. The fraction of sp³-hybridized carbons (Fsp3) is 0.0400. The molecule has 0 aliphatic heterocycles. The van der Waals surface area contributed by atoms with E-state index in [1.54, 1.807) is 72.8 Å². The topological polar surface area (TPSA) is 119 Å². The van der Waals surface area contributed by atoms with E-state index in [4.69, 9.17) is 24.7 Å². The van der Waals surface area contributed by atoms with Crippen molar-refractivity contribution in [3.05, 3.63) is 174 Å². The van der Waals surface area contributed by atoms with E-state index >= 15 is 0 Å². The lowest BCUT2D eigenvalue weighted by Crippen LogP contribution is -2.12. The second kappa shape index (κ2) is 12.7. The van der Waals surface area contributed by atoms with Crippen LogP contribution in [-0.4, -0.2) is 31.8 Å². The van der Waals surface area contributed by atoms with Crippen LogP contribution in [-0.2, 0) is 0 Å². The molecular formula is C50H30N6O3. The number of nitrogens with one attached hydrogen (secondary N) is 2. The molecule has 12 rings (SSSR count). The number of carbonyl (C=O) groups excluding carboxylic acids is 2. The molecule has 2 heterocycles. The van der Waals surface area contributed by atoms with Gasteiger partial charge in [0.1, 0.15) is 11.5 Å². The molecule has 2 N–H and O–H groups in total. The number of aromatic nitrogens is 4. The molecule has 9 nitrogen and oxygen atoms in total. The number of hydrogen-bond donors (Lipinski definition) is 2. The summed E-state index contributed by atoms with van der Waals surface area (Å²) in [6, 6.07) is 44.0. The number of ether oxygens (including phenoxy) is 1. The van der Waals surface area contributed by atoms with Crippen LogP contribution in [0.15, 0.2) is 146 Å². The Morgan fingerprint density at radius 2 is 1.08 bits per heavy atom. The van der Waals surface area contributed by atoms with Gasteiger partial charge >= 0.3 is 0 Å². The van der Waals surface area contributed by atoms with Crippen molar-refractivity contribution in [2.24, 2.45) is 0 Å². The first-order chi connectivity index (χ1) is 29.0. The highest BCUT2D eigenvalue weighted by Crippen LogP contribution is 2.49. The quantitative estimate of drug-likeness (QED) is 0.173. The smallest absolute Gasteiger partial charge is 0.255 e. The summed E-state index contributed by atoms with van der Waals surface area (Å²) in [5.41, 5.74) is 14.5. The Bertz CT molecular complexity index is 3320. The lowest BCUT2D eigenvalue weighted by atomic mass is 9.88. The Balaban J connectivity index is 0.703. The molecule has 0 bridgehead atoms. The van der Waals surface area contributed by atoms with Crippen LogP contribution in [0.4, 0.5) is 11.4 Å². The summed E-state index contributed by atoms with van der Waals surface area (Å²) in [6.45, 7) is 0. The van der Waals surface area contributed by atoms with Crippen LogP contribution in [0.25, 0.3) is 72.7 Å². The summed E-state index contributed by atoms with van der Waals surface area (Å²) in [6.07, 6.45) is 5.29. The van der Waals surface area contributed by atoms with Crippen molar-refractivity contribution in [3.63, 3.8) is 0 Å². The number of rotatable bonds is 6. The lowest BCUT2D eigenvalue weighted by Gasteiger charge is -2.16. The van der Waals surface area contributed by atoms with Crippen molar-refractivity contribution in [3.8, 4) is 45.3 Å². The van der Waals surface area contributed by atoms with Gasteiger partial charge in [0.15, 0.2) is 0 Å². The van der Waals surface area contributed by atoms with E-state index < -0.39 is 0 Å². The standard InChI is InChI=1S/C50H30N6O3/c57-49(29-13-23-39-41(25-29)55-47-37-11-3-7-27-5-1-9-35(43(27)37)45(47)53-39)51-31-15-19-33(20-16-31)59-34-21-17-32(18-22-34)52-50(58)30-14-24-40-42(26-30)56-48-38-12-4-8-28-6-2-10-36(44(28)38)46(48)54-40/h1-9,11-26,36H,10H2,(H,51,57)(H,52,58). The Morgan fingerprint density at radius 1 is 0.542 bits per heavy atom. The third-order valence-corrected chi connectivity index (χ3v) is 11.5. The number of amides is 2. The third-order valence-electron chi connectivity index (χ3n) is 11.5. The number of allylic oxidation sites excluding steroid dienone is 1. The van der Waals surface area contributed by atoms with Gasteiger partial charge in [0.2, 0.25) is 0 Å². The van der Waals surface area contributed by atoms with Crippen LogP contribution in [0.5, 0.6) is 11.5 Å². The molecule has 2 amide bonds. The molecule has 59 heavy (non-hydrogen) atoms. The predicted octanol–water partition coefficient (Wildman–Crippen LogP) is 11.2. The molecule has 3 aliphatic rings. The first-order valence-corrected chi connectivity index (χ1v) is 19.5. The summed E-state index contributed by atoms with van der Waals surface area (Å²) >= 11 is 0. The van der Waals surface area contributed by atoms with E-state index in [1.807, 2.05) is 24.3 Å². The Kier molecular flexibility index (Phi) is 7.15. The zero-order chi connectivity index (χ0) is 39.2. The Hall–Kier alpha value is -8.04. The molecule has 7 aromatic carbocycles. The molecule has 0 saturated carbocycles. The fourth-order valence-corrected chi connectivity index (χ4v) is 8.73. The van der Waals surface area contributed by atoms with Crippen molar-refractivity contribution in [2.45, 2.75) is 12.3 Å². The van der Waals surface area contributed by atoms with Crippen molar-refractivity contribution >= 4 is 62.1 Å². The van der Waals surface area contributed by atoms with Crippen LogP contribution in [0.1, 0.15) is 49.9 Å². The number of benzene rings is 7. The van der Waals surface area contributed by atoms with Crippen molar-refractivity contribution < 1.29 is 14.3 Å². The number of fused-ring (bicyclic) bond motifs is 8. The van der Waals surface area contributed by atoms with Gasteiger partial charge in [0.25, 0.3) is 11.8 Å². The van der Waals surface area contributed by atoms with Gasteiger partial charge in [-0.25, -0.2) is 19.9 Å². The van der Waals surface area contributed by atoms with E-state index in [0.29, 0.717) is 45.0 Å². The van der Waals surface area contributed by atoms with Gasteiger partial charge in [0.05, 0.1) is 44.8 Å². The second-order valence-electron chi connectivity index (χ2n) is 15.1. The molecule has 0 radical (unpaired) electrons. The number of nitrogens with zero attached hydrogens (tertiary/aromatic N) is 4. The van der Waals surface area contributed by atoms with E-state index in [-0.39, 0.29) is 17.7 Å². The van der Waals surface area contributed by atoms with Gasteiger partial charge in [-0.15, -0.1) is 0 Å². The molecule has 3 aliphatic carbocycles. The van der Waals surface area contributed by atoms with Crippen LogP contribution < -0.4 is 15.4 Å². The van der Waals surface area contributed by atoms with Crippen molar-refractivity contribution in [1.82, 2.24) is 19.9 Å². The molecule has 9 heteroatoms. The first-order valence-electron chi connectivity index (χ1n) is 19.5. The van der Waals surface area contributed by atoms with Gasteiger partial charge in [-0.3, -0.25) is 9.59 Å². The minimum absolute atomic E-state index is 0.219. The molecule has 9 aromatic rings. The van der Waals surface area contributed by atoms with Crippen LogP contribution in [0.3, 0.4) is 0 Å². The average molecular weight is 763 g/mol.